The Bertz CT molecular complexity index is 1610. The number of hydrogen-bond donors (Lipinski definition) is 3. The van der Waals surface area contributed by atoms with Gasteiger partial charge in [-0.25, -0.2) is 9.59 Å². The molecule has 3 amide bonds. The van der Waals surface area contributed by atoms with Crippen molar-refractivity contribution in [2.24, 2.45) is 0 Å². The van der Waals surface area contributed by atoms with Gasteiger partial charge in [0.15, 0.2) is 0 Å². The number of nitrogens with zero attached hydrogens (tertiary/aromatic N) is 1. The highest BCUT2D eigenvalue weighted by atomic mass is 16.6. The Morgan fingerprint density at radius 1 is 0.712 bits per heavy atom. The van der Waals surface area contributed by atoms with E-state index in [0.29, 0.717) is 17.5 Å². The minimum atomic E-state index is -1.15. The van der Waals surface area contributed by atoms with Crippen molar-refractivity contribution >= 4 is 23.9 Å². The summed E-state index contributed by atoms with van der Waals surface area (Å²) in [6, 6.07) is 19.8. The van der Waals surface area contributed by atoms with Crippen LogP contribution in [0.1, 0.15) is 102 Å². The highest BCUT2D eigenvalue weighted by Crippen LogP contribution is 2.28. The smallest absolute Gasteiger partial charge is 0.408 e. The molecule has 0 saturated heterocycles. The Morgan fingerprint density at radius 3 is 1.88 bits per heavy atom. The number of phenolic OH excluding ortho intramolecular Hbond substituents is 1. The fourth-order valence-electron chi connectivity index (χ4n) is 5.80. The normalized spacial score (nSPS) is 13.3. The van der Waals surface area contributed by atoms with Gasteiger partial charge >= 0.3 is 12.1 Å². The predicted molar refractivity (Wildman–Crippen MR) is 203 cm³/mol. The summed E-state index contributed by atoms with van der Waals surface area (Å²) < 4.78 is 11.3. The predicted octanol–water partition coefficient (Wildman–Crippen LogP) is 7.36. The van der Waals surface area contributed by atoms with Crippen LogP contribution in [0.4, 0.5) is 4.79 Å². The molecule has 0 spiro atoms. The Morgan fingerprint density at radius 2 is 1.29 bits per heavy atom. The first-order valence-electron chi connectivity index (χ1n) is 18.2. The number of alkyl carbamates (subject to hydrolysis) is 1. The highest BCUT2D eigenvalue weighted by Gasteiger charge is 2.39. The zero-order chi connectivity index (χ0) is 38.5. The summed E-state index contributed by atoms with van der Waals surface area (Å²) in [5.74, 6) is -1.57. The number of unbranched alkanes of at least 4 members (excludes halogenated alkanes) is 3. The highest BCUT2D eigenvalue weighted by molar-refractivity contribution is 5.94. The van der Waals surface area contributed by atoms with E-state index in [1.807, 2.05) is 61.5 Å². The molecule has 0 aliphatic heterocycles. The minimum Gasteiger partial charge on any atom is -0.508 e. The molecular formula is C42H57N3O7. The maximum Gasteiger partial charge on any atom is 0.408 e. The topological polar surface area (TPSA) is 134 Å². The van der Waals surface area contributed by atoms with Crippen LogP contribution in [0.5, 0.6) is 5.75 Å². The van der Waals surface area contributed by atoms with Gasteiger partial charge in [0.05, 0.1) is 0 Å². The lowest BCUT2D eigenvalue weighted by molar-refractivity contribution is -0.159. The number of carbonyl (C=O) groups excluding carboxylic acids is 4. The summed E-state index contributed by atoms with van der Waals surface area (Å²) in [5.41, 5.74) is 1.25. The quantitative estimate of drug-likeness (QED) is 0.104. The third-order valence-corrected chi connectivity index (χ3v) is 8.23. The third-order valence-electron chi connectivity index (χ3n) is 8.23. The van der Waals surface area contributed by atoms with E-state index in [4.69, 9.17) is 9.47 Å². The number of phenols is 1. The van der Waals surface area contributed by atoms with Gasteiger partial charge < -0.3 is 30.1 Å². The van der Waals surface area contributed by atoms with Crippen LogP contribution in [-0.2, 0) is 36.7 Å². The summed E-state index contributed by atoms with van der Waals surface area (Å²) >= 11 is 0. The summed E-state index contributed by atoms with van der Waals surface area (Å²) in [6.45, 7) is 14.7. The maximum atomic E-state index is 14.9. The van der Waals surface area contributed by atoms with Crippen LogP contribution < -0.4 is 10.6 Å². The fraction of sp³-hybridized carbons (Fsp3) is 0.476. The zero-order valence-corrected chi connectivity index (χ0v) is 32.0. The largest absolute Gasteiger partial charge is 0.508 e. The zero-order valence-electron chi connectivity index (χ0n) is 32.0. The first-order valence-corrected chi connectivity index (χ1v) is 18.2. The lowest BCUT2D eigenvalue weighted by Gasteiger charge is -2.36. The molecule has 0 aliphatic rings. The van der Waals surface area contributed by atoms with Gasteiger partial charge in [0.25, 0.3) is 0 Å². The number of aromatic hydroxyl groups is 1. The summed E-state index contributed by atoms with van der Waals surface area (Å²) in [6.07, 6.45) is 2.80. The summed E-state index contributed by atoms with van der Waals surface area (Å²) in [5, 5.41) is 15.7. The number of amides is 3. The molecule has 3 rings (SSSR count). The van der Waals surface area contributed by atoms with Crippen LogP contribution in [0, 0.1) is 6.92 Å². The van der Waals surface area contributed by atoms with Gasteiger partial charge in [-0.15, -0.1) is 0 Å². The molecule has 0 saturated carbocycles. The lowest BCUT2D eigenvalue weighted by atomic mass is 9.96. The number of benzene rings is 3. The number of nitrogens with one attached hydrogen (secondary N) is 2. The van der Waals surface area contributed by atoms with Crippen LogP contribution in [0.2, 0.25) is 0 Å². The monoisotopic (exact) mass is 715 g/mol. The second-order valence-corrected chi connectivity index (χ2v) is 15.2. The second-order valence-electron chi connectivity index (χ2n) is 15.2. The molecule has 52 heavy (non-hydrogen) atoms. The lowest BCUT2D eigenvalue weighted by Crippen LogP contribution is -2.55. The number of esters is 1. The Labute approximate surface area is 309 Å². The first kappa shape index (κ1) is 41.6. The SMILES string of the molecule is CCCCCCN(C(=O)C(Cc1ccc(O)cc1)NC(=O)OC(C)(C)C)C(C(=O)NC(Cc1ccccc1)C(=O)OC(C)(C)C)c1ccccc1C. The van der Waals surface area contributed by atoms with Gasteiger partial charge in [-0.3, -0.25) is 9.59 Å². The molecule has 3 aromatic carbocycles. The average Bonchev–Trinajstić information content (AvgIpc) is 3.05. The minimum absolute atomic E-state index is 0.0654. The molecule has 3 aromatic rings. The van der Waals surface area contributed by atoms with Crippen LogP contribution in [0.3, 0.4) is 0 Å². The number of aryl methyl sites for hydroxylation is 1. The van der Waals surface area contributed by atoms with E-state index >= 15 is 0 Å². The number of rotatable bonds is 16. The molecule has 0 aromatic heterocycles. The Balaban J connectivity index is 2.13. The standard InChI is InChI=1S/C42H57N3O7/c1-9-10-11-17-26-45(38(48)34(44-40(50)52-42(6,7)8)27-31-22-24-32(46)25-23-31)36(33-21-16-15-18-29(33)2)37(47)43-35(39(49)51-41(3,4)5)28-30-19-13-12-14-20-30/h12-16,18-25,34-36,46H,9-11,17,26-28H2,1-8H3,(H,43,47)(H,44,50). The molecule has 0 aliphatic carbocycles. The van der Waals surface area contributed by atoms with Crippen LogP contribution in [0.25, 0.3) is 0 Å². The van der Waals surface area contributed by atoms with Crippen molar-refractivity contribution in [2.75, 3.05) is 6.54 Å². The fourth-order valence-corrected chi connectivity index (χ4v) is 5.80. The van der Waals surface area contributed by atoms with E-state index in [9.17, 15) is 24.3 Å². The molecule has 0 radical (unpaired) electrons. The van der Waals surface area contributed by atoms with Crippen LogP contribution in [-0.4, -0.2) is 63.7 Å². The molecule has 10 nitrogen and oxygen atoms in total. The van der Waals surface area contributed by atoms with Crippen molar-refractivity contribution in [3.63, 3.8) is 0 Å². The van der Waals surface area contributed by atoms with E-state index < -0.39 is 53.2 Å². The second kappa shape index (κ2) is 19.1. The summed E-state index contributed by atoms with van der Waals surface area (Å²) in [7, 11) is 0. The molecule has 3 unspecified atom stereocenters. The molecular weight excluding hydrogens is 658 g/mol. The van der Waals surface area contributed by atoms with E-state index in [1.54, 1.807) is 53.7 Å². The van der Waals surface area contributed by atoms with E-state index in [1.165, 1.54) is 17.0 Å². The number of hydrogen-bond acceptors (Lipinski definition) is 7. The maximum absolute atomic E-state index is 14.9. The molecule has 0 bridgehead atoms. The van der Waals surface area contributed by atoms with E-state index in [-0.39, 0.29) is 25.1 Å². The molecule has 3 N–H and O–H groups in total. The van der Waals surface area contributed by atoms with Gasteiger partial charge in [-0.05, 0) is 89.3 Å². The Hall–Kier alpha value is -4.86. The van der Waals surface area contributed by atoms with Crippen molar-refractivity contribution in [3.8, 4) is 5.75 Å². The molecule has 0 fully saturated rings. The van der Waals surface area contributed by atoms with E-state index in [0.717, 1.165) is 30.4 Å². The molecule has 282 valence electrons. The van der Waals surface area contributed by atoms with Gasteiger partial charge in [0, 0.05) is 19.4 Å². The van der Waals surface area contributed by atoms with Crippen molar-refractivity contribution in [1.82, 2.24) is 15.5 Å². The Kier molecular flexibility index (Phi) is 15.3. The van der Waals surface area contributed by atoms with Crippen molar-refractivity contribution < 1.29 is 33.8 Å². The van der Waals surface area contributed by atoms with Crippen LogP contribution in [0.15, 0.2) is 78.9 Å². The molecule has 3 atom stereocenters. The van der Waals surface area contributed by atoms with Crippen molar-refractivity contribution in [1.29, 1.82) is 0 Å². The molecule has 10 heteroatoms. The van der Waals surface area contributed by atoms with E-state index in [2.05, 4.69) is 17.6 Å². The van der Waals surface area contributed by atoms with Crippen molar-refractivity contribution in [3.05, 3.63) is 101 Å². The van der Waals surface area contributed by atoms with Gasteiger partial charge in [-0.1, -0.05) is 92.9 Å². The van der Waals surface area contributed by atoms with Crippen LogP contribution >= 0.6 is 0 Å². The molecule has 0 heterocycles. The van der Waals surface area contributed by atoms with Crippen molar-refractivity contribution in [2.45, 2.75) is 123 Å². The first-order chi connectivity index (χ1) is 24.5. The number of ether oxygens (including phenoxy) is 2. The van der Waals surface area contributed by atoms with Gasteiger partial charge in [0.2, 0.25) is 11.8 Å². The van der Waals surface area contributed by atoms with Gasteiger partial charge in [0.1, 0.15) is 35.1 Å². The third kappa shape index (κ3) is 13.7. The van der Waals surface area contributed by atoms with Gasteiger partial charge in [-0.2, -0.15) is 0 Å². The summed E-state index contributed by atoms with van der Waals surface area (Å²) in [4.78, 5) is 58.1. The average molecular weight is 716 g/mol. The number of carbonyl (C=O) groups is 4.